The first kappa shape index (κ1) is 23.7. The Hall–Kier alpha value is -3.41. The van der Waals surface area contributed by atoms with Crippen molar-refractivity contribution in [3.8, 4) is 17.1 Å². The van der Waals surface area contributed by atoms with Crippen molar-refractivity contribution in [2.75, 3.05) is 38.2 Å². The van der Waals surface area contributed by atoms with Crippen LogP contribution in [0.25, 0.3) is 11.4 Å². The summed E-state index contributed by atoms with van der Waals surface area (Å²) in [5, 5.41) is 0. The third kappa shape index (κ3) is 5.56. The molecule has 1 saturated heterocycles. The summed E-state index contributed by atoms with van der Waals surface area (Å²) in [4.78, 5) is 26.8. The maximum Gasteiger partial charge on any atom is 0.222 e. The molecule has 1 aliphatic rings. The molecule has 6 nitrogen and oxygen atoms in total. The molecule has 3 aromatic rings. The molecule has 0 N–H and O–H groups in total. The molecule has 34 heavy (non-hydrogen) atoms. The first-order chi connectivity index (χ1) is 16.4. The van der Waals surface area contributed by atoms with Crippen molar-refractivity contribution in [2.24, 2.45) is 5.92 Å². The lowest BCUT2D eigenvalue weighted by Gasteiger charge is -2.37. The molecular weight excluding hydrogens is 424 g/mol. The highest BCUT2D eigenvalue weighted by Gasteiger charge is 2.25. The Kier molecular flexibility index (Phi) is 7.46. The van der Waals surface area contributed by atoms with Gasteiger partial charge in [-0.15, -0.1) is 0 Å². The summed E-state index contributed by atoms with van der Waals surface area (Å²) in [5.41, 5.74) is 4.26. The highest BCUT2D eigenvalue weighted by molar-refractivity contribution is 5.76. The summed E-state index contributed by atoms with van der Waals surface area (Å²) in [5.74, 6) is 3.16. The topological polar surface area (TPSA) is 58.6 Å². The van der Waals surface area contributed by atoms with Crippen LogP contribution in [0.2, 0.25) is 0 Å². The van der Waals surface area contributed by atoms with Crippen LogP contribution in [-0.4, -0.2) is 54.1 Å². The third-order valence-corrected chi connectivity index (χ3v) is 6.25. The predicted molar refractivity (Wildman–Crippen MR) is 136 cm³/mol. The van der Waals surface area contributed by atoms with Crippen LogP contribution < -0.4 is 9.64 Å². The maximum absolute atomic E-state index is 12.6. The van der Waals surface area contributed by atoms with Gasteiger partial charge in [-0.1, -0.05) is 56.3 Å². The molecule has 1 fully saturated rings. The number of amides is 1. The highest BCUT2D eigenvalue weighted by Crippen LogP contribution is 2.29. The van der Waals surface area contributed by atoms with Gasteiger partial charge in [0.25, 0.3) is 0 Å². The van der Waals surface area contributed by atoms with Crippen molar-refractivity contribution < 1.29 is 9.53 Å². The fourth-order valence-electron chi connectivity index (χ4n) is 4.40. The minimum absolute atomic E-state index is 0.245. The maximum atomic E-state index is 12.6. The fraction of sp³-hybridized carbons (Fsp3) is 0.393. The van der Waals surface area contributed by atoms with Crippen LogP contribution in [0.1, 0.15) is 37.1 Å². The molecule has 6 heteroatoms. The van der Waals surface area contributed by atoms with Gasteiger partial charge in [0.2, 0.25) is 5.91 Å². The minimum atomic E-state index is 0.245. The molecule has 2 aromatic carbocycles. The van der Waals surface area contributed by atoms with Gasteiger partial charge in [-0.2, -0.15) is 0 Å². The van der Waals surface area contributed by atoms with E-state index in [0.29, 0.717) is 25.4 Å². The van der Waals surface area contributed by atoms with Crippen molar-refractivity contribution in [3.63, 3.8) is 0 Å². The van der Waals surface area contributed by atoms with Gasteiger partial charge in [0.1, 0.15) is 11.6 Å². The Morgan fingerprint density at radius 2 is 1.74 bits per heavy atom. The number of piperazine rings is 1. The van der Waals surface area contributed by atoms with Gasteiger partial charge < -0.3 is 14.5 Å². The molecule has 2 heterocycles. The number of benzene rings is 2. The van der Waals surface area contributed by atoms with Crippen LogP contribution >= 0.6 is 0 Å². The molecular formula is C28H34N4O2. The number of carbonyl (C=O) groups is 1. The number of rotatable bonds is 7. The largest absolute Gasteiger partial charge is 0.497 e. The second-order valence-electron chi connectivity index (χ2n) is 9.29. The number of hydrogen-bond donors (Lipinski definition) is 0. The molecule has 0 bridgehead atoms. The number of hydrogen-bond acceptors (Lipinski definition) is 5. The SMILES string of the molecule is COc1cccc(Cc2c(C)nc(-c3ccccc3)nc2N2CCN(C(=O)CC(C)C)CC2)c1. The van der Waals surface area contributed by atoms with E-state index in [2.05, 4.69) is 37.8 Å². The number of nitrogens with zero attached hydrogens (tertiary/aromatic N) is 4. The van der Waals surface area contributed by atoms with E-state index in [1.807, 2.05) is 47.4 Å². The Morgan fingerprint density at radius 3 is 2.41 bits per heavy atom. The Bertz CT molecular complexity index is 1120. The van der Waals surface area contributed by atoms with E-state index in [9.17, 15) is 4.79 Å². The van der Waals surface area contributed by atoms with E-state index in [1.54, 1.807) is 7.11 Å². The molecule has 0 radical (unpaired) electrons. The number of aromatic nitrogens is 2. The van der Waals surface area contributed by atoms with Gasteiger partial charge in [-0.05, 0) is 30.5 Å². The Morgan fingerprint density at radius 1 is 1.00 bits per heavy atom. The van der Waals surface area contributed by atoms with E-state index in [4.69, 9.17) is 14.7 Å². The zero-order valence-electron chi connectivity index (χ0n) is 20.6. The minimum Gasteiger partial charge on any atom is -0.497 e. The van der Waals surface area contributed by atoms with Crippen LogP contribution in [0.3, 0.4) is 0 Å². The van der Waals surface area contributed by atoms with Crippen LogP contribution in [-0.2, 0) is 11.2 Å². The van der Waals surface area contributed by atoms with Gasteiger partial charge in [0.15, 0.2) is 5.82 Å². The quantitative estimate of drug-likeness (QED) is 0.512. The molecule has 1 aromatic heterocycles. The van der Waals surface area contributed by atoms with Crippen molar-refractivity contribution in [3.05, 3.63) is 71.4 Å². The standard InChI is InChI=1S/C28H34N4O2/c1-20(2)17-26(33)31-13-15-32(16-14-31)28-25(19-22-9-8-12-24(18-22)34-4)21(3)29-27(30-28)23-10-6-5-7-11-23/h5-12,18,20H,13-17,19H2,1-4H3. The van der Waals surface area contributed by atoms with E-state index in [-0.39, 0.29) is 5.91 Å². The summed E-state index contributed by atoms with van der Waals surface area (Å²) in [7, 11) is 1.69. The number of anilines is 1. The zero-order chi connectivity index (χ0) is 24.1. The number of ether oxygens (including phenoxy) is 1. The second kappa shape index (κ2) is 10.7. The van der Waals surface area contributed by atoms with Gasteiger partial charge in [0, 0.05) is 55.8 Å². The van der Waals surface area contributed by atoms with Crippen molar-refractivity contribution in [1.82, 2.24) is 14.9 Å². The van der Waals surface area contributed by atoms with Crippen LogP contribution in [0, 0.1) is 12.8 Å². The molecule has 1 amide bonds. The number of carbonyl (C=O) groups excluding carboxylic acids is 1. The first-order valence-electron chi connectivity index (χ1n) is 12.0. The molecule has 4 rings (SSSR count). The van der Waals surface area contributed by atoms with Crippen LogP contribution in [0.15, 0.2) is 54.6 Å². The van der Waals surface area contributed by atoms with Gasteiger partial charge in [-0.25, -0.2) is 9.97 Å². The van der Waals surface area contributed by atoms with Crippen molar-refractivity contribution in [2.45, 2.75) is 33.6 Å². The van der Waals surface area contributed by atoms with E-state index < -0.39 is 0 Å². The lowest BCUT2D eigenvalue weighted by atomic mass is 10.0. The average molecular weight is 459 g/mol. The van der Waals surface area contributed by atoms with E-state index >= 15 is 0 Å². The normalized spacial score (nSPS) is 13.9. The molecule has 0 aliphatic carbocycles. The second-order valence-corrected chi connectivity index (χ2v) is 9.29. The smallest absolute Gasteiger partial charge is 0.222 e. The summed E-state index contributed by atoms with van der Waals surface area (Å²) >= 11 is 0. The zero-order valence-corrected chi connectivity index (χ0v) is 20.6. The van der Waals surface area contributed by atoms with Crippen LogP contribution in [0.4, 0.5) is 5.82 Å². The van der Waals surface area contributed by atoms with Gasteiger partial charge >= 0.3 is 0 Å². The fourth-order valence-corrected chi connectivity index (χ4v) is 4.40. The molecule has 0 atom stereocenters. The summed E-state index contributed by atoms with van der Waals surface area (Å²) in [6.07, 6.45) is 1.33. The first-order valence-corrected chi connectivity index (χ1v) is 12.0. The summed E-state index contributed by atoms with van der Waals surface area (Å²) < 4.78 is 5.43. The summed E-state index contributed by atoms with van der Waals surface area (Å²) in [6.45, 7) is 9.21. The lowest BCUT2D eigenvalue weighted by Crippen LogP contribution is -2.49. The average Bonchev–Trinajstić information content (AvgIpc) is 2.85. The van der Waals surface area contributed by atoms with E-state index in [0.717, 1.165) is 59.3 Å². The third-order valence-electron chi connectivity index (χ3n) is 6.25. The van der Waals surface area contributed by atoms with Gasteiger partial charge in [-0.3, -0.25) is 4.79 Å². The van der Waals surface area contributed by atoms with Crippen molar-refractivity contribution >= 4 is 11.7 Å². The summed E-state index contributed by atoms with van der Waals surface area (Å²) in [6, 6.07) is 18.3. The monoisotopic (exact) mass is 458 g/mol. The van der Waals surface area contributed by atoms with Crippen molar-refractivity contribution in [1.29, 1.82) is 0 Å². The van der Waals surface area contributed by atoms with E-state index in [1.165, 1.54) is 0 Å². The molecule has 0 spiro atoms. The predicted octanol–water partition coefficient (Wildman–Crippen LogP) is 4.75. The molecule has 0 unspecified atom stereocenters. The van der Waals surface area contributed by atoms with Gasteiger partial charge in [0.05, 0.1) is 7.11 Å². The lowest BCUT2D eigenvalue weighted by molar-refractivity contribution is -0.132. The Balaban J connectivity index is 1.66. The highest BCUT2D eigenvalue weighted by atomic mass is 16.5. The van der Waals surface area contributed by atoms with Crippen LogP contribution in [0.5, 0.6) is 5.75 Å². The molecule has 0 saturated carbocycles. The molecule has 1 aliphatic heterocycles. The number of aryl methyl sites for hydroxylation is 1. The molecule has 178 valence electrons. The number of methoxy groups -OCH3 is 1. The Labute approximate surface area is 202 Å².